The molecule has 1 aromatic carbocycles. The zero-order valence-electron chi connectivity index (χ0n) is 13.9. The third-order valence-electron chi connectivity index (χ3n) is 3.60. The van der Waals surface area contributed by atoms with E-state index in [4.69, 9.17) is 9.52 Å². The lowest BCUT2D eigenvalue weighted by atomic mass is 10.2. The highest BCUT2D eigenvalue weighted by Crippen LogP contribution is 2.08. The van der Waals surface area contributed by atoms with Crippen molar-refractivity contribution in [1.82, 2.24) is 10.2 Å². The average molecular weight is 344 g/mol. The molecule has 0 atom stereocenters. The van der Waals surface area contributed by atoms with Gasteiger partial charge in [0.15, 0.2) is 0 Å². The normalized spacial score (nSPS) is 10.3. The molecular weight excluding hydrogens is 324 g/mol. The third-order valence-corrected chi connectivity index (χ3v) is 3.60. The molecule has 0 aliphatic carbocycles. The predicted molar refractivity (Wildman–Crippen MR) is 89.7 cm³/mol. The van der Waals surface area contributed by atoms with Crippen LogP contribution in [-0.2, 0) is 22.7 Å². The summed E-state index contributed by atoms with van der Waals surface area (Å²) in [5.74, 6) is -1.31. The van der Waals surface area contributed by atoms with Crippen molar-refractivity contribution in [2.75, 3.05) is 6.54 Å². The van der Waals surface area contributed by atoms with Crippen LogP contribution in [0.1, 0.15) is 35.2 Å². The van der Waals surface area contributed by atoms with Gasteiger partial charge < -0.3 is 19.7 Å². The summed E-state index contributed by atoms with van der Waals surface area (Å²) in [7, 11) is 0. The Hall–Kier alpha value is -3.09. The molecular formula is C18H20N2O5. The van der Waals surface area contributed by atoms with Crippen molar-refractivity contribution in [3.8, 4) is 0 Å². The summed E-state index contributed by atoms with van der Waals surface area (Å²) in [4.78, 5) is 36.0. The van der Waals surface area contributed by atoms with Gasteiger partial charge in [0.05, 0.1) is 6.54 Å². The Bertz CT molecular complexity index is 739. The summed E-state index contributed by atoms with van der Waals surface area (Å²) in [5, 5.41) is 11.4. The number of carboxylic acid groups (broad SMARTS) is 1. The fraction of sp³-hybridized carbons (Fsp3) is 0.278. The molecule has 1 heterocycles. The number of carbonyl (C=O) groups excluding carboxylic acids is 2. The number of nitrogens with one attached hydrogen (secondary N) is 1. The van der Waals surface area contributed by atoms with Crippen LogP contribution in [0.15, 0.2) is 46.9 Å². The van der Waals surface area contributed by atoms with Crippen LogP contribution in [0, 0.1) is 0 Å². The van der Waals surface area contributed by atoms with Gasteiger partial charge in [-0.3, -0.25) is 9.59 Å². The van der Waals surface area contributed by atoms with Gasteiger partial charge in [-0.25, -0.2) is 4.79 Å². The van der Waals surface area contributed by atoms with E-state index in [1.54, 1.807) is 4.90 Å². The van der Waals surface area contributed by atoms with Gasteiger partial charge in [-0.2, -0.15) is 0 Å². The van der Waals surface area contributed by atoms with E-state index in [0.29, 0.717) is 18.8 Å². The van der Waals surface area contributed by atoms with Gasteiger partial charge in [-0.15, -0.1) is 0 Å². The van der Waals surface area contributed by atoms with Crippen molar-refractivity contribution in [2.45, 2.75) is 26.4 Å². The number of amides is 2. The van der Waals surface area contributed by atoms with Crippen LogP contribution < -0.4 is 5.32 Å². The molecule has 1 aromatic heterocycles. The van der Waals surface area contributed by atoms with Crippen molar-refractivity contribution in [3.63, 3.8) is 0 Å². The van der Waals surface area contributed by atoms with Gasteiger partial charge in [0, 0.05) is 26.4 Å². The quantitative estimate of drug-likeness (QED) is 0.763. The Labute approximate surface area is 145 Å². The standard InChI is InChI=1S/C18H20N2O5/c1-13(21)20(12-14-5-3-2-4-6-14)10-9-17(22)19-11-15-7-8-16(25-15)18(23)24/h2-8H,9-12H2,1H3,(H,19,22)(H,23,24). The van der Waals surface area contributed by atoms with Crippen LogP contribution in [-0.4, -0.2) is 34.3 Å². The van der Waals surface area contributed by atoms with Gasteiger partial charge in [-0.1, -0.05) is 30.3 Å². The maximum absolute atomic E-state index is 11.9. The van der Waals surface area contributed by atoms with E-state index in [2.05, 4.69) is 5.32 Å². The number of aromatic carboxylic acids is 1. The van der Waals surface area contributed by atoms with Gasteiger partial charge in [0.1, 0.15) is 5.76 Å². The molecule has 0 aliphatic rings. The fourth-order valence-corrected chi connectivity index (χ4v) is 2.25. The summed E-state index contributed by atoms with van der Waals surface area (Å²) >= 11 is 0. The number of hydrogen-bond acceptors (Lipinski definition) is 4. The second-order valence-electron chi connectivity index (χ2n) is 5.52. The van der Waals surface area contributed by atoms with Gasteiger partial charge in [0.2, 0.25) is 17.6 Å². The van der Waals surface area contributed by atoms with Gasteiger partial charge in [-0.05, 0) is 17.7 Å². The molecule has 0 saturated heterocycles. The van der Waals surface area contributed by atoms with Crippen molar-refractivity contribution in [3.05, 3.63) is 59.5 Å². The Balaban J connectivity index is 1.80. The molecule has 0 bridgehead atoms. The van der Waals surface area contributed by atoms with Crippen LogP contribution in [0.2, 0.25) is 0 Å². The molecule has 7 nitrogen and oxygen atoms in total. The van der Waals surface area contributed by atoms with Crippen LogP contribution in [0.4, 0.5) is 0 Å². The van der Waals surface area contributed by atoms with Crippen molar-refractivity contribution < 1.29 is 23.9 Å². The third kappa shape index (κ3) is 5.80. The SMILES string of the molecule is CC(=O)N(CCC(=O)NCc1ccc(C(=O)O)o1)Cc1ccccc1. The van der Waals surface area contributed by atoms with Crippen LogP contribution in [0.25, 0.3) is 0 Å². The molecule has 0 unspecified atom stereocenters. The summed E-state index contributed by atoms with van der Waals surface area (Å²) in [6.45, 7) is 2.32. The van der Waals surface area contributed by atoms with Crippen molar-refractivity contribution in [2.24, 2.45) is 0 Å². The number of benzene rings is 1. The van der Waals surface area contributed by atoms with E-state index in [0.717, 1.165) is 5.56 Å². The van der Waals surface area contributed by atoms with Crippen LogP contribution in [0.5, 0.6) is 0 Å². The topological polar surface area (TPSA) is 99.9 Å². The lowest BCUT2D eigenvalue weighted by Gasteiger charge is -2.20. The minimum absolute atomic E-state index is 0.102. The first-order valence-electron chi connectivity index (χ1n) is 7.84. The molecule has 25 heavy (non-hydrogen) atoms. The molecule has 2 amide bonds. The van der Waals surface area contributed by atoms with Crippen molar-refractivity contribution >= 4 is 17.8 Å². The molecule has 2 rings (SSSR count). The maximum Gasteiger partial charge on any atom is 0.371 e. The number of carboxylic acids is 1. The monoisotopic (exact) mass is 344 g/mol. The first-order valence-corrected chi connectivity index (χ1v) is 7.84. The highest BCUT2D eigenvalue weighted by Gasteiger charge is 2.13. The van der Waals surface area contributed by atoms with E-state index in [1.807, 2.05) is 30.3 Å². The molecule has 2 aromatic rings. The second-order valence-corrected chi connectivity index (χ2v) is 5.52. The van der Waals surface area contributed by atoms with Crippen LogP contribution in [0.3, 0.4) is 0 Å². The molecule has 0 spiro atoms. The molecule has 0 radical (unpaired) electrons. The second kappa shape index (κ2) is 8.68. The minimum atomic E-state index is -1.16. The summed E-state index contributed by atoms with van der Waals surface area (Å²) in [6, 6.07) is 12.4. The van der Waals surface area contributed by atoms with E-state index in [9.17, 15) is 14.4 Å². The van der Waals surface area contributed by atoms with Crippen molar-refractivity contribution in [1.29, 1.82) is 0 Å². The summed E-state index contributed by atoms with van der Waals surface area (Å²) < 4.78 is 5.06. The number of nitrogens with zero attached hydrogens (tertiary/aromatic N) is 1. The summed E-state index contributed by atoms with van der Waals surface area (Å²) in [5.41, 5.74) is 0.995. The Kier molecular flexibility index (Phi) is 6.33. The zero-order valence-corrected chi connectivity index (χ0v) is 13.9. The number of furan rings is 1. The smallest absolute Gasteiger partial charge is 0.371 e. The molecule has 2 N–H and O–H groups in total. The van der Waals surface area contributed by atoms with E-state index in [1.165, 1.54) is 19.1 Å². The fourth-order valence-electron chi connectivity index (χ4n) is 2.25. The molecule has 0 saturated carbocycles. The molecule has 0 aliphatic heterocycles. The highest BCUT2D eigenvalue weighted by atomic mass is 16.4. The largest absolute Gasteiger partial charge is 0.475 e. The van der Waals surface area contributed by atoms with E-state index in [-0.39, 0.29) is 30.5 Å². The number of rotatable bonds is 8. The predicted octanol–water partition coefficient (Wildman–Crippen LogP) is 2.03. The Morgan fingerprint density at radius 3 is 2.44 bits per heavy atom. The summed E-state index contributed by atoms with van der Waals surface area (Å²) in [6.07, 6.45) is 0.152. The van der Waals surface area contributed by atoms with Crippen LogP contribution >= 0.6 is 0 Å². The molecule has 132 valence electrons. The lowest BCUT2D eigenvalue weighted by molar-refractivity contribution is -0.130. The van der Waals surface area contributed by atoms with Gasteiger partial charge in [0.25, 0.3) is 0 Å². The zero-order chi connectivity index (χ0) is 18.2. The lowest BCUT2D eigenvalue weighted by Crippen LogP contribution is -2.33. The molecule has 7 heteroatoms. The van der Waals surface area contributed by atoms with E-state index >= 15 is 0 Å². The Morgan fingerprint density at radius 2 is 1.84 bits per heavy atom. The van der Waals surface area contributed by atoms with E-state index < -0.39 is 5.97 Å². The highest BCUT2D eigenvalue weighted by molar-refractivity contribution is 5.84. The molecule has 0 fully saturated rings. The average Bonchev–Trinajstić information content (AvgIpc) is 3.06. The number of carbonyl (C=O) groups is 3. The first-order chi connectivity index (χ1) is 12.0. The van der Waals surface area contributed by atoms with Gasteiger partial charge >= 0.3 is 5.97 Å². The first kappa shape index (κ1) is 18.3. The minimum Gasteiger partial charge on any atom is -0.475 e. The Morgan fingerprint density at radius 1 is 1.12 bits per heavy atom. The maximum atomic E-state index is 11.9. The number of hydrogen-bond donors (Lipinski definition) is 2.